The average molecular weight is 654 g/mol. The van der Waals surface area contributed by atoms with Crippen LogP contribution in [0.25, 0.3) is 22.6 Å². The SMILES string of the molecule is CC1(C)OB(c2ccccc2)OC1(C)C.Clc1cc(-c2ccccc2)nc(-c2ccccc2)n1.Clc1cc(Cl)nc(Cl)n1. The molecule has 3 heterocycles. The third kappa shape index (κ3) is 9.23. The van der Waals surface area contributed by atoms with Crippen LogP contribution in [0.5, 0.6) is 0 Å². The van der Waals surface area contributed by atoms with Gasteiger partial charge < -0.3 is 9.31 Å². The van der Waals surface area contributed by atoms with E-state index in [0.29, 0.717) is 11.0 Å². The van der Waals surface area contributed by atoms with Gasteiger partial charge in [0.1, 0.15) is 15.5 Å². The van der Waals surface area contributed by atoms with E-state index in [4.69, 9.17) is 55.7 Å². The molecule has 6 rings (SSSR count). The Bertz CT molecular complexity index is 1510. The van der Waals surface area contributed by atoms with Crippen LogP contribution in [0.4, 0.5) is 0 Å². The molecule has 0 amide bonds. The number of hydrogen-bond acceptors (Lipinski definition) is 6. The molecule has 11 heteroatoms. The number of nitrogens with zero attached hydrogens (tertiary/aromatic N) is 4. The first-order chi connectivity index (χ1) is 20.4. The van der Waals surface area contributed by atoms with Gasteiger partial charge in [-0.15, -0.1) is 0 Å². The second-order valence-corrected chi connectivity index (χ2v) is 11.9. The average Bonchev–Trinajstić information content (AvgIpc) is 3.20. The fraction of sp³-hybridized carbons (Fsp3) is 0.188. The molecular weight excluding hydrogens is 625 g/mol. The van der Waals surface area contributed by atoms with Crippen LogP contribution >= 0.6 is 46.4 Å². The highest BCUT2D eigenvalue weighted by atomic mass is 35.5. The third-order valence-corrected chi connectivity index (χ3v) is 7.51. The van der Waals surface area contributed by atoms with Crippen LogP contribution < -0.4 is 5.46 Å². The molecule has 3 aromatic carbocycles. The van der Waals surface area contributed by atoms with Crippen LogP contribution in [0, 0.1) is 0 Å². The maximum Gasteiger partial charge on any atom is 0.494 e. The molecule has 1 saturated heterocycles. The fourth-order valence-corrected chi connectivity index (χ4v) is 4.72. The second-order valence-electron chi connectivity index (χ2n) is 10.4. The minimum Gasteiger partial charge on any atom is -0.399 e. The molecule has 0 N–H and O–H groups in total. The second kappa shape index (κ2) is 14.6. The Labute approximate surface area is 272 Å². The molecule has 1 fully saturated rings. The van der Waals surface area contributed by atoms with E-state index in [2.05, 4.69) is 47.6 Å². The lowest BCUT2D eigenvalue weighted by atomic mass is 9.79. The molecular formula is C32H29BCl4N4O2. The first kappa shape index (κ1) is 32.9. The van der Waals surface area contributed by atoms with Gasteiger partial charge in [0.15, 0.2) is 5.82 Å². The van der Waals surface area contributed by atoms with E-state index in [0.717, 1.165) is 22.3 Å². The maximum atomic E-state index is 6.10. The van der Waals surface area contributed by atoms with Crippen LogP contribution in [0.3, 0.4) is 0 Å². The van der Waals surface area contributed by atoms with Crippen molar-refractivity contribution in [3.63, 3.8) is 0 Å². The smallest absolute Gasteiger partial charge is 0.399 e. The van der Waals surface area contributed by atoms with Gasteiger partial charge in [-0.2, -0.15) is 0 Å². The van der Waals surface area contributed by atoms with Gasteiger partial charge >= 0.3 is 7.12 Å². The molecule has 0 saturated carbocycles. The van der Waals surface area contributed by atoms with Gasteiger partial charge in [-0.1, -0.05) is 126 Å². The molecule has 1 aliphatic heterocycles. The lowest BCUT2D eigenvalue weighted by Gasteiger charge is -2.32. The molecule has 0 radical (unpaired) electrons. The van der Waals surface area contributed by atoms with Crippen LogP contribution in [-0.2, 0) is 9.31 Å². The summed E-state index contributed by atoms with van der Waals surface area (Å²) >= 11 is 22.3. The zero-order valence-electron chi connectivity index (χ0n) is 24.0. The van der Waals surface area contributed by atoms with Crippen molar-refractivity contribution in [3.05, 3.63) is 124 Å². The maximum absolute atomic E-state index is 6.10. The Morgan fingerprint density at radius 3 is 1.47 bits per heavy atom. The van der Waals surface area contributed by atoms with Gasteiger partial charge in [-0.05, 0) is 44.8 Å². The Hall–Kier alpha value is -3.04. The minimum atomic E-state index is -0.256. The van der Waals surface area contributed by atoms with E-state index in [1.807, 2.05) is 91.0 Å². The highest BCUT2D eigenvalue weighted by molar-refractivity contribution is 6.62. The van der Waals surface area contributed by atoms with Crippen molar-refractivity contribution in [2.24, 2.45) is 0 Å². The Balaban J connectivity index is 0.000000157. The molecule has 0 aliphatic carbocycles. The highest BCUT2D eigenvalue weighted by Crippen LogP contribution is 2.36. The lowest BCUT2D eigenvalue weighted by Crippen LogP contribution is -2.41. The summed E-state index contributed by atoms with van der Waals surface area (Å²) in [4.78, 5) is 16.0. The van der Waals surface area contributed by atoms with Crippen molar-refractivity contribution < 1.29 is 9.31 Å². The first-order valence-corrected chi connectivity index (χ1v) is 14.9. The molecule has 43 heavy (non-hydrogen) atoms. The van der Waals surface area contributed by atoms with Crippen molar-refractivity contribution in [1.29, 1.82) is 0 Å². The topological polar surface area (TPSA) is 70.0 Å². The van der Waals surface area contributed by atoms with Crippen molar-refractivity contribution in [2.45, 2.75) is 38.9 Å². The minimum absolute atomic E-state index is 0.0625. The van der Waals surface area contributed by atoms with Crippen LogP contribution in [0.1, 0.15) is 27.7 Å². The summed E-state index contributed by atoms with van der Waals surface area (Å²) in [5.74, 6) is 0.645. The number of halogens is 4. The first-order valence-electron chi connectivity index (χ1n) is 13.3. The van der Waals surface area contributed by atoms with Gasteiger partial charge in [0.25, 0.3) is 0 Å². The van der Waals surface area contributed by atoms with E-state index < -0.39 is 0 Å². The summed E-state index contributed by atoms with van der Waals surface area (Å²) in [5.41, 5.74) is 3.39. The van der Waals surface area contributed by atoms with Gasteiger partial charge in [0.2, 0.25) is 5.28 Å². The van der Waals surface area contributed by atoms with E-state index >= 15 is 0 Å². The van der Waals surface area contributed by atoms with E-state index in [1.54, 1.807) is 6.07 Å². The number of aromatic nitrogens is 4. The Morgan fingerprint density at radius 2 is 0.977 bits per heavy atom. The molecule has 0 unspecified atom stereocenters. The monoisotopic (exact) mass is 652 g/mol. The molecule has 2 aromatic heterocycles. The summed E-state index contributed by atoms with van der Waals surface area (Å²) in [6.45, 7) is 8.26. The predicted octanol–water partition coefficient (Wildman–Crippen LogP) is 8.89. The summed E-state index contributed by atoms with van der Waals surface area (Å²) in [5, 5.41) is 1.01. The fourth-order valence-electron chi connectivity index (χ4n) is 3.84. The summed E-state index contributed by atoms with van der Waals surface area (Å²) in [6.07, 6.45) is 0. The van der Waals surface area contributed by atoms with E-state index in [-0.39, 0.29) is 33.9 Å². The van der Waals surface area contributed by atoms with Crippen molar-refractivity contribution in [1.82, 2.24) is 19.9 Å². The van der Waals surface area contributed by atoms with Crippen LogP contribution in [0.15, 0.2) is 103 Å². The van der Waals surface area contributed by atoms with E-state index in [9.17, 15) is 0 Å². The molecule has 1 aliphatic rings. The molecule has 220 valence electrons. The molecule has 0 atom stereocenters. The van der Waals surface area contributed by atoms with Crippen LogP contribution in [0.2, 0.25) is 20.7 Å². The molecule has 0 bridgehead atoms. The van der Waals surface area contributed by atoms with Gasteiger partial charge in [-0.3, -0.25) is 0 Å². The highest BCUT2D eigenvalue weighted by Gasteiger charge is 2.51. The molecule has 5 aromatic rings. The number of hydrogen-bond donors (Lipinski definition) is 0. The van der Waals surface area contributed by atoms with Crippen molar-refractivity contribution >= 4 is 59.0 Å². The van der Waals surface area contributed by atoms with Crippen LogP contribution in [-0.4, -0.2) is 38.3 Å². The van der Waals surface area contributed by atoms with Crippen molar-refractivity contribution in [2.75, 3.05) is 0 Å². The largest absolute Gasteiger partial charge is 0.494 e. The summed E-state index contributed by atoms with van der Waals surface area (Å²) in [7, 11) is -0.240. The van der Waals surface area contributed by atoms with Gasteiger partial charge in [-0.25, -0.2) is 19.9 Å². The van der Waals surface area contributed by atoms with Crippen molar-refractivity contribution in [3.8, 4) is 22.6 Å². The summed E-state index contributed by atoms with van der Waals surface area (Å²) < 4.78 is 11.9. The third-order valence-electron chi connectivity index (χ3n) is 6.76. The van der Waals surface area contributed by atoms with Gasteiger partial charge in [0, 0.05) is 23.3 Å². The number of rotatable bonds is 3. The Kier molecular flexibility index (Phi) is 11.2. The zero-order valence-corrected chi connectivity index (χ0v) is 27.0. The molecule has 0 spiro atoms. The van der Waals surface area contributed by atoms with E-state index in [1.165, 1.54) is 6.07 Å². The standard InChI is InChI=1S/C16H11ClN2.C12H17BO2.C4HCl3N2/c17-15-11-14(12-7-3-1-4-8-12)18-16(19-15)13-9-5-2-6-10-13;1-11(2)12(3,4)15-13(14-11)10-8-6-5-7-9-10;5-2-1-3(6)9-4(7)8-2/h1-11H;5-9H,1-4H3;1H. The predicted molar refractivity (Wildman–Crippen MR) is 177 cm³/mol. The normalized spacial score (nSPS) is 14.7. The quantitative estimate of drug-likeness (QED) is 0.110. The van der Waals surface area contributed by atoms with Gasteiger partial charge in [0.05, 0.1) is 16.9 Å². The number of benzene rings is 3. The Morgan fingerprint density at radius 1 is 0.535 bits per heavy atom. The summed E-state index contributed by atoms with van der Waals surface area (Å²) in [6, 6.07) is 33.0. The molecule has 6 nitrogen and oxygen atoms in total. The lowest BCUT2D eigenvalue weighted by molar-refractivity contribution is 0.00578. The zero-order chi connectivity index (χ0) is 31.0.